The second kappa shape index (κ2) is 51.9. The number of aliphatic carboxylic acids is 1. The number of hydrogen-bond acceptors (Lipinski definition) is 7. The maximum Gasteiger partial charge on any atom is 0.361 e. The first kappa shape index (κ1) is 66.5. The van der Waals surface area contributed by atoms with Gasteiger partial charge in [-0.05, 0) is 51.4 Å². The summed E-state index contributed by atoms with van der Waals surface area (Å²) in [6.07, 6.45) is 59.4. The molecule has 404 valence electrons. The molecule has 0 radical (unpaired) electrons. The fraction of sp³-hybridized carbons (Fsp3) is 0.850. The Kier molecular flexibility index (Phi) is 50.0. The predicted octanol–water partition coefficient (Wildman–Crippen LogP) is 16.9. The minimum atomic E-state index is -1.51. The second-order valence-electron chi connectivity index (χ2n) is 21.0. The molecule has 0 fully saturated rings. The summed E-state index contributed by atoms with van der Waals surface area (Å²) in [5.41, 5.74) is 0. The third-order valence-corrected chi connectivity index (χ3v) is 12.9. The van der Waals surface area contributed by atoms with Crippen molar-refractivity contribution in [3.63, 3.8) is 0 Å². The van der Waals surface area contributed by atoms with Gasteiger partial charge in [0.25, 0.3) is 6.29 Å². The Labute approximate surface area is 426 Å². The van der Waals surface area contributed by atoms with E-state index in [1.807, 2.05) is 21.1 Å². The zero-order chi connectivity index (χ0) is 50.6. The van der Waals surface area contributed by atoms with E-state index in [2.05, 4.69) is 50.3 Å². The fourth-order valence-electron chi connectivity index (χ4n) is 8.38. The van der Waals surface area contributed by atoms with Gasteiger partial charge in [-0.1, -0.05) is 243 Å². The number of carbonyl (C=O) groups is 3. The lowest BCUT2D eigenvalue weighted by molar-refractivity contribution is -0.870. The Balaban J connectivity index is 4.21. The molecule has 0 spiro atoms. The third-order valence-electron chi connectivity index (χ3n) is 12.9. The second-order valence-corrected chi connectivity index (χ2v) is 21.0. The van der Waals surface area contributed by atoms with E-state index >= 15 is 0 Å². The average molecular weight is 976 g/mol. The van der Waals surface area contributed by atoms with Gasteiger partial charge in [-0.2, -0.15) is 0 Å². The van der Waals surface area contributed by atoms with Crippen molar-refractivity contribution in [1.82, 2.24) is 0 Å². The normalized spacial score (nSPS) is 13.0. The fourth-order valence-corrected chi connectivity index (χ4v) is 8.38. The van der Waals surface area contributed by atoms with E-state index in [1.165, 1.54) is 180 Å². The monoisotopic (exact) mass is 975 g/mol. The molecular formula is C60H112NO8+. The van der Waals surface area contributed by atoms with Crippen LogP contribution in [-0.4, -0.2) is 87.4 Å². The summed E-state index contributed by atoms with van der Waals surface area (Å²) in [5.74, 6) is -2.01. The summed E-state index contributed by atoms with van der Waals surface area (Å²) >= 11 is 0. The molecule has 0 aliphatic carbocycles. The van der Waals surface area contributed by atoms with Gasteiger partial charge >= 0.3 is 17.9 Å². The Hall–Kier alpha value is -2.49. The largest absolute Gasteiger partial charge is 0.477 e. The molecular weight excluding hydrogens is 863 g/mol. The van der Waals surface area contributed by atoms with Crippen molar-refractivity contribution in [2.45, 2.75) is 283 Å². The summed E-state index contributed by atoms with van der Waals surface area (Å²) in [6, 6.07) is 0. The first-order valence-electron chi connectivity index (χ1n) is 29.2. The predicted molar refractivity (Wildman–Crippen MR) is 291 cm³/mol. The number of carbonyl (C=O) groups excluding carboxylic acids is 2. The van der Waals surface area contributed by atoms with Crippen molar-refractivity contribution in [2.24, 2.45) is 0 Å². The topological polar surface area (TPSA) is 108 Å². The van der Waals surface area contributed by atoms with Crippen molar-refractivity contribution in [1.29, 1.82) is 0 Å². The van der Waals surface area contributed by atoms with Crippen LogP contribution in [0.5, 0.6) is 0 Å². The zero-order valence-electron chi connectivity index (χ0n) is 46.0. The molecule has 0 aromatic heterocycles. The molecule has 0 aliphatic heterocycles. The summed E-state index contributed by atoms with van der Waals surface area (Å²) in [6.45, 7) is 4.87. The lowest BCUT2D eigenvalue weighted by Gasteiger charge is -2.25. The van der Waals surface area contributed by atoms with Gasteiger partial charge in [0, 0.05) is 12.8 Å². The summed E-state index contributed by atoms with van der Waals surface area (Å²) < 4.78 is 22.9. The minimum Gasteiger partial charge on any atom is -0.477 e. The van der Waals surface area contributed by atoms with Crippen LogP contribution in [0.2, 0.25) is 0 Å². The molecule has 69 heavy (non-hydrogen) atoms. The Morgan fingerprint density at radius 2 is 0.783 bits per heavy atom. The maximum absolute atomic E-state index is 12.9. The van der Waals surface area contributed by atoms with E-state index in [1.54, 1.807) is 0 Å². The van der Waals surface area contributed by atoms with Crippen LogP contribution in [0, 0.1) is 0 Å². The van der Waals surface area contributed by atoms with Crippen molar-refractivity contribution in [2.75, 3.05) is 47.5 Å². The van der Waals surface area contributed by atoms with Crippen LogP contribution in [0.3, 0.4) is 0 Å². The van der Waals surface area contributed by atoms with Crippen molar-refractivity contribution < 1.29 is 42.9 Å². The lowest BCUT2D eigenvalue weighted by Crippen LogP contribution is -2.40. The Bertz CT molecular complexity index is 1230. The molecule has 0 aromatic carbocycles. The summed E-state index contributed by atoms with van der Waals surface area (Å²) in [7, 11) is 5.97. The number of carboxylic acid groups (broad SMARTS) is 1. The molecule has 0 amide bonds. The van der Waals surface area contributed by atoms with Crippen LogP contribution in [0.4, 0.5) is 0 Å². The molecule has 0 rings (SSSR count). The third kappa shape index (κ3) is 53.1. The lowest BCUT2D eigenvalue weighted by atomic mass is 10.0. The van der Waals surface area contributed by atoms with Gasteiger partial charge in [0.05, 0.1) is 34.4 Å². The minimum absolute atomic E-state index is 0.184. The highest BCUT2D eigenvalue weighted by Gasteiger charge is 2.25. The summed E-state index contributed by atoms with van der Waals surface area (Å²) in [5, 5.41) is 9.70. The molecule has 2 atom stereocenters. The first-order chi connectivity index (χ1) is 33.6. The van der Waals surface area contributed by atoms with Gasteiger partial charge in [-0.25, -0.2) is 4.79 Å². The Morgan fingerprint density at radius 3 is 1.19 bits per heavy atom. The molecule has 9 nitrogen and oxygen atoms in total. The van der Waals surface area contributed by atoms with Crippen LogP contribution < -0.4 is 0 Å². The van der Waals surface area contributed by atoms with E-state index in [-0.39, 0.29) is 32.2 Å². The Morgan fingerprint density at radius 1 is 0.435 bits per heavy atom. The maximum atomic E-state index is 12.9. The van der Waals surface area contributed by atoms with Gasteiger partial charge in [0.15, 0.2) is 6.10 Å². The number of carboxylic acids is 1. The molecule has 0 aromatic rings. The highest BCUT2D eigenvalue weighted by molar-refractivity contribution is 5.71. The van der Waals surface area contributed by atoms with Crippen molar-refractivity contribution in [3.8, 4) is 0 Å². The van der Waals surface area contributed by atoms with Crippen molar-refractivity contribution in [3.05, 3.63) is 36.5 Å². The number of esters is 2. The van der Waals surface area contributed by atoms with Gasteiger partial charge in [0.1, 0.15) is 13.2 Å². The van der Waals surface area contributed by atoms with Gasteiger partial charge < -0.3 is 28.5 Å². The van der Waals surface area contributed by atoms with Crippen LogP contribution >= 0.6 is 0 Å². The summed E-state index contributed by atoms with van der Waals surface area (Å²) in [4.78, 5) is 37.4. The van der Waals surface area contributed by atoms with E-state index < -0.39 is 24.3 Å². The number of unbranched alkanes of at least 4 members (excludes halogenated alkanes) is 33. The van der Waals surface area contributed by atoms with Crippen LogP contribution in [0.15, 0.2) is 36.5 Å². The molecule has 9 heteroatoms. The van der Waals surface area contributed by atoms with Gasteiger partial charge in [0.2, 0.25) is 0 Å². The van der Waals surface area contributed by atoms with Gasteiger partial charge in [-0.15, -0.1) is 0 Å². The van der Waals surface area contributed by atoms with Crippen LogP contribution in [0.1, 0.15) is 271 Å². The molecule has 0 saturated heterocycles. The molecule has 0 saturated carbocycles. The first-order valence-corrected chi connectivity index (χ1v) is 29.2. The quantitative estimate of drug-likeness (QED) is 0.0211. The van der Waals surface area contributed by atoms with E-state index in [0.29, 0.717) is 23.9 Å². The smallest absolute Gasteiger partial charge is 0.361 e. The average Bonchev–Trinajstić information content (AvgIpc) is 3.31. The standard InChI is InChI=1S/C60H111NO8/c1-6-8-10-12-14-16-18-20-22-24-26-27-28-29-30-31-33-34-36-38-40-42-44-46-48-50-57(62)67-54-56(55-68-60(59(64)65)66-53-52-61(3,4)5)69-58(63)51-49-47-45-43-41-39-37-35-32-25-23-21-19-17-15-13-11-9-7-2/h15,17,21,23,32,35,56,60H,6-14,16,18-20,22,24-31,33-34,36-55H2,1-5H3/p+1/b17-15-,23-21-,35-32-. The van der Waals surface area contributed by atoms with Crippen molar-refractivity contribution >= 4 is 17.9 Å². The number of allylic oxidation sites excluding steroid dienone is 6. The number of rotatable bonds is 54. The number of likely N-dealkylation sites (N-methyl/N-ethyl adjacent to an activating group) is 1. The van der Waals surface area contributed by atoms with Crippen LogP contribution in [0.25, 0.3) is 0 Å². The molecule has 0 bridgehead atoms. The molecule has 1 N–H and O–H groups in total. The van der Waals surface area contributed by atoms with Crippen LogP contribution in [-0.2, 0) is 33.3 Å². The number of ether oxygens (including phenoxy) is 4. The molecule has 0 heterocycles. The number of nitrogens with zero attached hydrogens (tertiary/aromatic N) is 1. The van der Waals surface area contributed by atoms with E-state index in [9.17, 15) is 19.5 Å². The zero-order valence-corrected chi connectivity index (χ0v) is 46.0. The highest BCUT2D eigenvalue weighted by Crippen LogP contribution is 2.17. The molecule has 0 aliphatic rings. The SMILES string of the molecule is CCCCC/C=C\C/C=C\C/C=C\CCCCCCCCC(=O)OC(COC(=O)CCCCCCCCCCCCCCCCCCCCCCCCCCC)COC(OCC[N+](C)(C)C)C(=O)O. The molecule has 2 unspecified atom stereocenters. The van der Waals surface area contributed by atoms with E-state index in [0.717, 1.165) is 57.8 Å². The van der Waals surface area contributed by atoms with Gasteiger partial charge in [-0.3, -0.25) is 9.59 Å². The number of quaternary nitrogens is 1. The number of hydrogen-bond donors (Lipinski definition) is 1. The van der Waals surface area contributed by atoms with E-state index in [4.69, 9.17) is 18.9 Å². The highest BCUT2D eigenvalue weighted by atomic mass is 16.7.